The third-order valence-corrected chi connectivity index (χ3v) is 4.44. The number of likely N-dealkylation sites (N-methyl/N-ethyl adjacent to an activating group) is 1. The number of rotatable bonds is 3. The van der Waals surface area contributed by atoms with Crippen molar-refractivity contribution in [1.29, 1.82) is 0 Å². The molecule has 1 heterocycles. The Hall–Kier alpha value is -2.20. The lowest BCUT2D eigenvalue weighted by atomic mass is 10.1. The number of hydrogen-bond donors (Lipinski definition) is 0. The van der Waals surface area contributed by atoms with Gasteiger partial charge in [0.15, 0.2) is 0 Å². The molecule has 0 fully saturated rings. The van der Waals surface area contributed by atoms with E-state index in [-0.39, 0.29) is 0 Å². The summed E-state index contributed by atoms with van der Waals surface area (Å²) >= 11 is 0. The molecule has 0 atom stereocenters. The van der Waals surface area contributed by atoms with E-state index in [0.717, 1.165) is 30.4 Å². The Morgan fingerprint density at radius 1 is 1.05 bits per heavy atom. The first-order chi connectivity index (χ1) is 10.3. The zero-order chi connectivity index (χ0) is 14.2. The molecule has 0 bridgehead atoms. The van der Waals surface area contributed by atoms with Crippen LogP contribution in [0.25, 0.3) is 11.0 Å². The molecule has 1 aliphatic rings. The van der Waals surface area contributed by atoms with Gasteiger partial charge < -0.3 is 0 Å². The summed E-state index contributed by atoms with van der Waals surface area (Å²) in [6.45, 7) is 0.865. The molecule has 0 amide bonds. The largest absolute Gasteiger partial charge is 0.298 e. The summed E-state index contributed by atoms with van der Waals surface area (Å²) in [6, 6.07) is 15.3. The molecule has 4 rings (SSSR count). The van der Waals surface area contributed by atoms with Gasteiger partial charge in [-0.15, -0.1) is 0 Å². The predicted octanol–water partition coefficient (Wildman–Crippen LogP) is 2.82. The minimum absolute atomic E-state index is 0.553. The fourth-order valence-corrected chi connectivity index (χ4v) is 3.23. The molecule has 1 aromatic heterocycles. The van der Waals surface area contributed by atoms with Gasteiger partial charge in [-0.3, -0.25) is 4.90 Å². The smallest absolute Gasteiger partial charge is 0.139 e. The summed E-state index contributed by atoms with van der Waals surface area (Å²) in [5, 5.41) is 7.94. The lowest BCUT2D eigenvalue weighted by molar-refractivity contribution is 0.241. The second-order valence-corrected chi connectivity index (χ2v) is 5.79. The van der Waals surface area contributed by atoms with Crippen LogP contribution in [0.1, 0.15) is 16.7 Å². The van der Waals surface area contributed by atoms with E-state index in [1.807, 2.05) is 12.1 Å². The molecule has 106 valence electrons. The van der Waals surface area contributed by atoms with Gasteiger partial charge >= 0.3 is 0 Å². The first-order valence-electron chi connectivity index (χ1n) is 7.28. The van der Waals surface area contributed by atoms with Crippen molar-refractivity contribution in [1.82, 2.24) is 15.2 Å². The lowest BCUT2D eigenvalue weighted by Crippen LogP contribution is -2.31. The van der Waals surface area contributed by atoms with Gasteiger partial charge in [0, 0.05) is 12.6 Å². The lowest BCUT2D eigenvalue weighted by Gasteiger charge is -2.24. The van der Waals surface area contributed by atoms with Crippen molar-refractivity contribution in [2.45, 2.75) is 25.4 Å². The standard InChI is InChI=1S/C17H17N3O/c1-20(15-9-12-5-2-3-6-13(12)10-15)11-14-7-4-8-16-17(14)19-21-18-16/h2-8,15H,9-11H2,1H3. The average Bonchev–Trinajstić information content (AvgIpc) is 3.14. The van der Waals surface area contributed by atoms with Gasteiger partial charge in [0.2, 0.25) is 0 Å². The van der Waals surface area contributed by atoms with Crippen LogP contribution in [-0.4, -0.2) is 28.3 Å². The molecule has 0 saturated heterocycles. The van der Waals surface area contributed by atoms with Crippen molar-refractivity contribution < 1.29 is 4.63 Å². The molecule has 1 aliphatic carbocycles. The van der Waals surface area contributed by atoms with Gasteiger partial charge in [0.1, 0.15) is 11.0 Å². The van der Waals surface area contributed by atoms with Crippen LogP contribution < -0.4 is 0 Å². The fourth-order valence-electron chi connectivity index (χ4n) is 3.23. The number of fused-ring (bicyclic) bond motifs is 2. The highest BCUT2D eigenvalue weighted by atomic mass is 16.6. The topological polar surface area (TPSA) is 42.2 Å². The molecule has 0 spiro atoms. The molecular weight excluding hydrogens is 262 g/mol. The van der Waals surface area contributed by atoms with Gasteiger partial charge in [-0.05, 0) is 53.0 Å². The highest BCUT2D eigenvalue weighted by Gasteiger charge is 2.24. The number of aromatic nitrogens is 2. The van der Waals surface area contributed by atoms with Crippen molar-refractivity contribution >= 4 is 11.0 Å². The first-order valence-corrected chi connectivity index (χ1v) is 7.28. The van der Waals surface area contributed by atoms with Gasteiger partial charge in [0.05, 0.1) is 0 Å². The first kappa shape index (κ1) is 12.5. The van der Waals surface area contributed by atoms with E-state index in [0.29, 0.717) is 6.04 Å². The number of hydrogen-bond acceptors (Lipinski definition) is 4. The molecule has 0 saturated carbocycles. The average molecular weight is 279 g/mol. The zero-order valence-corrected chi connectivity index (χ0v) is 12.0. The molecule has 0 unspecified atom stereocenters. The number of nitrogens with zero attached hydrogens (tertiary/aromatic N) is 3. The van der Waals surface area contributed by atoms with Crippen LogP contribution in [0.5, 0.6) is 0 Å². The van der Waals surface area contributed by atoms with Crippen LogP contribution in [0.4, 0.5) is 0 Å². The highest BCUT2D eigenvalue weighted by Crippen LogP contribution is 2.26. The Labute approximate surface area is 123 Å². The summed E-state index contributed by atoms with van der Waals surface area (Å²) in [5.41, 5.74) is 5.84. The second-order valence-electron chi connectivity index (χ2n) is 5.79. The van der Waals surface area contributed by atoms with Crippen LogP contribution in [0, 0.1) is 0 Å². The predicted molar refractivity (Wildman–Crippen MR) is 80.9 cm³/mol. The second kappa shape index (κ2) is 4.97. The summed E-state index contributed by atoms with van der Waals surface area (Å²) in [7, 11) is 2.18. The van der Waals surface area contributed by atoms with E-state index >= 15 is 0 Å². The van der Waals surface area contributed by atoms with Gasteiger partial charge in [-0.1, -0.05) is 36.4 Å². The zero-order valence-electron chi connectivity index (χ0n) is 12.0. The van der Waals surface area contributed by atoms with Crippen molar-refractivity contribution in [3.05, 3.63) is 59.2 Å². The van der Waals surface area contributed by atoms with Crippen LogP contribution in [0.2, 0.25) is 0 Å². The maximum Gasteiger partial charge on any atom is 0.139 e. The summed E-state index contributed by atoms with van der Waals surface area (Å²) in [6.07, 6.45) is 2.25. The Balaban J connectivity index is 1.55. The van der Waals surface area contributed by atoms with Crippen LogP contribution in [-0.2, 0) is 19.4 Å². The van der Waals surface area contributed by atoms with E-state index in [4.69, 9.17) is 4.63 Å². The molecule has 21 heavy (non-hydrogen) atoms. The Kier molecular flexibility index (Phi) is 2.97. The van der Waals surface area contributed by atoms with Crippen molar-refractivity contribution in [3.8, 4) is 0 Å². The van der Waals surface area contributed by atoms with Gasteiger partial charge in [0.25, 0.3) is 0 Å². The molecule has 0 aliphatic heterocycles. The van der Waals surface area contributed by atoms with E-state index in [1.165, 1.54) is 16.7 Å². The Morgan fingerprint density at radius 3 is 2.57 bits per heavy atom. The molecule has 4 nitrogen and oxygen atoms in total. The van der Waals surface area contributed by atoms with E-state index in [2.05, 4.69) is 52.6 Å². The fraction of sp³-hybridized carbons (Fsp3) is 0.294. The van der Waals surface area contributed by atoms with E-state index in [1.54, 1.807) is 0 Å². The van der Waals surface area contributed by atoms with Gasteiger partial charge in [-0.2, -0.15) is 0 Å². The quantitative estimate of drug-likeness (QED) is 0.739. The third-order valence-electron chi connectivity index (χ3n) is 4.44. The molecule has 4 heteroatoms. The summed E-state index contributed by atoms with van der Waals surface area (Å²) in [4.78, 5) is 2.41. The van der Waals surface area contributed by atoms with Crippen molar-refractivity contribution in [3.63, 3.8) is 0 Å². The SMILES string of the molecule is CN(Cc1cccc2nonc12)C1Cc2ccccc2C1. The monoisotopic (exact) mass is 279 g/mol. The molecular formula is C17H17N3O. The van der Waals surface area contributed by atoms with Crippen molar-refractivity contribution in [2.75, 3.05) is 7.05 Å². The van der Waals surface area contributed by atoms with E-state index < -0.39 is 0 Å². The minimum atomic E-state index is 0.553. The van der Waals surface area contributed by atoms with Crippen molar-refractivity contribution in [2.24, 2.45) is 0 Å². The molecule has 0 radical (unpaired) electrons. The van der Waals surface area contributed by atoms with Gasteiger partial charge in [-0.25, -0.2) is 4.63 Å². The van der Waals surface area contributed by atoms with E-state index in [9.17, 15) is 0 Å². The maximum absolute atomic E-state index is 4.84. The third kappa shape index (κ3) is 2.21. The molecule has 3 aromatic rings. The van der Waals surface area contributed by atoms with Crippen LogP contribution in [0.3, 0.4) is 0 Å². The normalized spacial score (nSPS) is 15.0. The maximum atomic E-state index is 4.84. The Bertz CT molecular complexity index is 755. The highest BCUT2D eigenvalue weighted by molar-refractivity contribution is 5.76. The van der Waals surface area contributed by atoms with Crippen LogP contribution >= 0.6 is 0 Å². The Morgan fingerprint density at radius 2 is 1.81 bits per heavy atom. The number of benzene rings is 2. The van der Waals surface area contributed by atoms with Crippen LogP contribution in [0.15, 0.2) is 47.1 Å². The molecule has 0 N–H and O–H groups in total. The molecule has 2 aromatic carbocycles. The summed E-state index contributed by atoms with van der Waals surface area (Å²) in [5.74, 6) is 0. The minimum Gasteiger partial charge on any atom is -0.298 e. The summed E-state index contributed by atoms with van der Waals surface area (Å²) < 4.78 is 4.84.